The molecular weight excluding hydrogens is 590 g/mol. The minimum atomic E-state index is -1.43. The molecule has 0 aromatic heterocycles. The van der Waals surface area contributed by atoms with Crippen molar-refractivity contribution in [2.45, 2.75) is 77.0 Å². The normalized spacial score (nSPS) is 17.3. The van der Waals surface area contributed by atoms with Crippen LogP contribution in [-0.2, 0) is 48.0 Å². The maximum atomic E-state index is 14.0. The summed E-state index contributed by atoms with van der Waals surface area (Å²) in [5, 5.41) is 5.24. The first kappa shape index (κ1) is 33.7. The van der Waals surface area contributed by atoms with Crippen molar-refractivity contribution in [3.05, 3.63) is 108 Å². The molecule has 242 valence electrons. The lowest BCUT2D eigenvalue weighted by atomic mass is 10.0. The molecule has 3 aromatic carbocycles. The molecule has 1 heterocycles. The molecule has 1 aliphatic rings. The number of nitrogens with zero attached hydrogens (tertiary/aromatic N) is 1. The molecule has 4 rings (SSSR count). The van der Waals surface area contributed by atoms with Gasteiger partial charge in [0.15, 0.2) is 6.04 Å². The fraction of sp³-hybridized carbons (Fsp3) is 0.343. The van der Waals surface area contributed by atoms with Gasteiger partial charge in [-0.15, -0.1) is 0 Å². The van der Waals surface area contributed by atoms with Crippen molar-refractivity contribution in [3.8, 4) is 0 Å². The number of ether oxygens (including phenoxy) is 3. The van der Waals surface area contributed by atoms with Crippen molar-refractivity contribution in [1.29, 1.82) is 0 Å². The van der Waals surface area contributed by atoms with Crippen LogP contribution >= 0.6 is 0 Å². The summed E-state index contributed by atoms with van der Waals surface area (Å²) in [5.74, 6) is -2.35. The maximum absolute atomic E-state index is 14.0. The number of rotatable bonds is 11. The van der Waals surface area contributed by atoms with E-state index in [4.69, 9.17) is 14.2 Å². The summed E-state index contributed by atoms with van der Waals surface area (Å²) >= 11 is 0. The van der Waals surface area contributed by atoms with Gasteiger partial charge in [0, 0.05) is 12.8 Å². The molecule has 4 amide bonds. The minimum absolute atomic E-state index is 0.00780. The van der Waals surface area contributed by atoms with Crippen LogP contribution in [0.3, 0.4) is 0 Å². The van der Waals surface area contributed by atoms with E-state index in [9.17, 15) is 24.0 Å². The Balaban J connectivity index is 1.56. The Kier molecular flexibility index (Phi) is 11.1. The van der Waals surface area contributed by atoms with E-state index in [1.807, 2.05) is 36.4 Å². The lowest BCUT2D eigenvalue weighted by Gasteiger charge is -2.28. The van der Waals surface area contributed by atoms with Crippen LogP contribution in [0.1, 0.15) is 44.4 Å². The summed E-state index contributed by atoms with van der Waals surface area (Å²) in [4.78, 5) is 67.6. The largest absolute Gasteiger partial charge is 0.459 e. The summed E-state index contributed by atoms with van der Waals surface area (Å²) < 4.78 is 16.2. The summed E-state index contributed by atoms with van der Waals surface area (Å²) in [6, 6.07) is 23.2. The maximum Gasteiger partial charge on any atom is 0.417 e. The van der Waals surface area contributed by atoms with Gasteiger partial charge in [0.2, 0.25) is 5.91 Å². The van der Waals surface area contributed by atoms with Crippen molar-refractivity contribution in [2.75, 3.05) is 0 Å². The molecule has 0 unspecified atom stereocenters. The molecule has 1 fully saturated rings. The molecule has 0 bridgehead atoms. The van der Waals surface area contributed by atoms with Crippen molar-refractivity contribution in [3.63, 3.8) is 0 Å². The summed E-state index contributed by atoms with van der Waals surface area (Å²) in [6.45, 7) is 6.50. The highest BCUT2D eigenvalue weighted by atomic mass is 16.6. The van der Waals surface area contributed by atoms with Crippen LogP contribution < -0.4 is 10.6 Å². The first-order valence-electron chi connectivity index (χ1n) is 15.0. The third-order valence-corrected chi connectivity index (χ3v) is 7.09. The van der Waals surface area contributed by atoms with Gasteiger partial charge in [-0.3, -0.25) is 9.59 Å². The molecule has 11 nitrogen and oxygen atoms in total. The average molecular weight is 630 g/mol. The molecular formula is C35H39N3O8. The van der Waals surface area contributed by atoms with E-state index in [0.717, 1.165) is 11.1 Å². The summed E-state index contributed by atoms with van der Waals surface area (Å²) in [6.07, 6.45) is -2.86. The van der Waals surface area contributed by atoms with Gasteiger partial charge in [-0.25, -0.2) is 19.3 Å². The highest BCUT2D eigenvalue weighted by Crippen LogP contribution is 2.23. The first-order valence-corrected chi connectivity index (χ1v) is 15.0. The number of amides is 4. The number of benzene rings is 3. The highest BCUT2D eigenvalue weighted by molar-refractivity contribution is 6.03. The smallest absolute Gasteiger partial charge is 0.417 e. The van der Waals surface area contributed by atoms with Crippen molar-refractivity contribution < 1.29 is 38.2 Å². The number of hydrogen-bond acceptors (Lipinski definition) is 8. The van der Waals surface area contributed by atoms with Crippen molar-refractivity contribution in [2.24, 2.45) is 0 Å². The molecule has 2 N–H and O–H groups in total. The fourth-order valence-electron chi connectivity index (χ4n) is 4.96. The minimum Gasteiger partial charge on any atom is -0.459 e. The Bertz CT molecular complexity index is 1510. The van der Waals surface area contributed by atoms with Crippen LogP contribution in [0, 0.1) is 0 Å². The van der Waals surface area contributed by atoms with Gasteiger partial charge in [-0.1, -0.05) is 91.0 Å². The zero-order chi connectivity index (χ0) is 33.3. The van der Waals surface area contributed by atoms with Crippen molar-refractivity contribution >= 4 is 30.0 Å². The second-order valence-electron chi connectivity index (χ2n) is 12.0. The lowest BCUT2D eigenvalue weighted by molar-refractivity contribution is -0.150. The standard InChI is InChI=1S/C35H39N3O8/c1-23-29(30(39)36-28(21-25-16-10-6-11-17-25)32(41)44-22-26-18-12-7-13-19-26)38(34(43)45-23)31(40)27(20-24-14-8-5-9-15-24)37-33(42)46-35(2,3)4/h5-19,23,27-29H,20-22H2,1-4H3,(H,36,39)(H,37,42)/t23-,27-,28-,29+/m0/s1. The lowest BCUT2D eigenvalue weighted by Crippen LogP contribution is -2.58. The highest BCUT2D eigenvalue weighted by Gasteiger charge is 2.50. The number of hydrogen-bond donors (Lipinski definition) is 2. The Hall–Kier alpha value is -5.19. The molecule has 0 saturated carbocycles. The van der Waals surface area contributed by atoms with Gasteiger partial charge >= 0.3 is 18.2 Å². The predicted molar refractivity (Wildman–Crippen MR) is 168 cm³/mol. The van der Waals surface area contributed by atoms with E-state index in [1.54, 1.807) is 75.4 Å². The van der Waals surface area contributed by atoms with E-state index in [-0.39, 0.29) is 19.4 Å². The number of esters is 1. The van der Waals surface area contributed by atoms with Crippen LogP contribution in [0.2, 0.25) is 0 Å². The summed E-state index contributed by atoms with van der Waals surface area (Å²) in [5.41, 5.74) is 1.37. The van der Waals surface area contributed by atoms with Crippen LogP contribution in [0.4, 0.5) is 9.59 Å². The van der Waals surface area contributed by atoms with Gasteiger partial charge < -0.3 is 24.8 Å². The van der Waals surface area contributed by atoms with Crippen LogP contribution in [0.25, 0.3) is 0 Å². The monoisotopic (exact) mass is 629 g/mol. The van der Waals surface area contributed by atoms with Gasteiger partial charge in [0.1, 0.15) is 30.4 Å². The van der Waals surface area contributed by atoms with E-state index in [2.05, 4.69) is 10.6 Å². The molecule has 3 aromatic rings. The molecule has 46 heavy (non-hydrogen) atoms. The molecule has 0 radical (unpaired) electrons. The van der Waals surface area contributed by atoms with E-state index >= 15 is 0 Å². The number of cyclic esters (lactones) is 1. The Morgan fingerprint density at radius 3 is 1.80 bits per heavy atom. The SMILES string of the molecule is C[C@@H]1OC(=O)N(C(=O)[C@H](Cc2ccccc2)NC(=O)OC(C)(C)C)[C@H]1C(=O)N[C@@H](Cc1ccccc1)C(=O)OCc1ccccc1. The molecule has 0 aliphatic carbocycles. The van der Waals surface area contributed by atoms with E-state index in [0.29, 0.717) is 10.5 Å². The number of imide groups is 1. The molecule has 11 heteroatoms. The molecule has 1 saturated heterocycles. The number of alkyl carbamates (subject to hydrolysis) is 1. The third kappa shape index (κ3) is 9.40. The Labute approximate surface area is 268 Å². The van der Waals surface area contributed by atoms with Gasteiger partial charge in [0.25, 0.3) is 5.91 Å². The number of nitrogens with one attached hydrogen (secondary N) is 2. The number of carbonyl (C=O) groups excluding carboxylic acids is 5. The van der Waals surface area contributed by atoms with Gasteiger partial charge in [0.05, 0.1) is 0 Å². The first-order chi connectivity index (χ1) is 21.9. The Morgan fingerprint density at radius 1 is 0.783 bits per heavy atom. The Morgan fingerprint density at radius 2 is 1.28 bits per heavy atom. The average Bonchev–Trinajstić information content (AvgIpc) is 3.32. The molecule has 4 atom stereocenters. The predicted octanol–water partition coefficient (Wildman–Crippen LogP) is 4.33. The van der Waals surface area contributed by atoms with Crippen LogP contribution in [0.5, 0.6) is 0 Å². The topological polar surface area (TPSA) is 140 Å². The zero-order valence-electron chi connectivity index (χ0n) is 26.3. The van der Waals surface area contributed by atoms with Crippen LogP contribution in [0.15, 0.2) is 91.0 Å². The number of carbonyl (C=O) groups is 5. The quantitative estimate of drug-likeness (QED) is 0.236. The summed E-state index contributed by atoms with van der Waals surface area (Å²) in [7, 11) is 0. The van der Waals surface area contributed by atoms with Gasteiger partial charge in [-0.2, -0.15) is 0 Å². The second kappa shape index (κ2) is 15.2. The molecule has 1 aliphatic heterocycles. The zero-order valence-corrected chi connectivity index (χ0v) is 26.3. The second-order valence-corrected chi connectivity index (χ2v) is 12.0. The van der Waals surface area contributed by atoms with Crippen molar-refractivity contribution in [1.82, 2.24) is 15.5 Å². The van der Waals surface area contributed by atoms with Crippen LogP contribution in [-0.4, -0.2) is 64.7 Å². The van der Waals surface area contributed by atoms with E-state index < -0.39 is 59.8 Å². The third-order valence-electron chi connectivity index (χ3n) is 7.09. The van der Waals surface area contributed by atoms with E-state index in [1.165, 1.54) is 6.92 Å². The molecule has 0 spiro atoms. The van der Waals surface area contributed by atoms with Gasteiger partial charge in [-0.05, 0) is 44.4 Å². The fourth-order valence-corrected chi connectivity index (χ4v) is 4.96.